The fraction of sp³-hybridized carbons (Fsp3) is 0.526. The molecule has 0 N–H and O–H groups in total. The number of likely N-dealkylation sites (N-methyl/N-ethyl adjacent to an activating group) is 1. The summed E-state index contributed by atoms with van der Waals surface area (Å²) in [7, 11) is 4.00. The van der Waals surface area contributed by atoms with Crippen LogP contribution in [0.3, 0.4) is 0 Å². The van der Waals surface area contributed by atoms with Crippen LogP contribution in [-0.2, 0) is 7.05 Å². The highest BCUT2D eigenvalue weighted by Crippen LogP contribution is 2.38. The zero-order valence-corrected chi connectivity index (χ0v) is 15.3. The van der Waals surface area contributed by atoms with E-state index in [9.17, 15) is 4.79 Å². The van der Waals surface area contributed by atoms with Crippen molar-refractivity contribution in [3.63, 3.8) is 0 Å². The number of ether oxygens (including phenoxy) is 1. The van der Waals surface area contributed by atoms with Gasteiger partial charge in [-0.25, -0.2) is 4.98 Å². The van der Waals surface area contributed by atoms with Gasteiger partial charge in [-0.1, -0.05) is 6.07 Å². The predicted molar refractivity (Wildman–Crippen MR) is 96.9 cm³/mol. The SMILES string of the molecule is CN1CC[C@H](COc2ccccn2)CC12CN(C(=O)c1cnn(C)c1)C2. The van der Waals surface area contributed by atoms with Crippen molar-refractivity contribution >= 4 is 5.91 Å². The van der Waals surface area contributed by atoms with E-state index in [1.54, 1.807) is 23.3 Å². The monoisotopic (exact) mass is 355 g/mol. The number of hydrogen-bond acceptors (Lipinski definition) is 5. The lowest BCUT2D eigenvalue weighted by atomic mass is 9.75. The summed E-state index contributed by atoms with van der Waals surface area (Å²) in [4.78, 5) is 21.2. The second-order valence-corrected chi connectivity index (χ2v) is 7.55. The van der Waals surface area contributed by atoms with Crippen LogP contribution in [0.2, 0.25) is 0 Å². The van der Waals surface area contributed by atoms with Crippen molar-refractivity contribution < 1.29 is 9.53 Å². The van der Waals surface area contributed by atoms with E-state index < -0.39 is 0 Å². The highest BCUT2D eigenvalue weighted by atomic mass is 16.5. The number of likely N-dealkylation sites (tertiary alicyclic amines) is 2. The van der Waals surface area contributed by atoms with Gasteiger partial charge in [0.25, 0.3) is 5.91 Å². The molecule has 0 aromatic carbocycles. The lowest BCUT2D eigenvalue weighted by molar-refractivity contribution is -0.0695. The van der Waals surface area contributed by atoms with E-state index in [2.05, 4.69) is 22.0 Å². The minimum absolute atomic E-state index is 0.0731. The number of piperidine rings is 1. The summed E-state index contributed by atoms with van der Waals surface area (Å²) in [5, 5.41) is 4.10. The summed E-state index contributed by atoms with van der Waals surface area (Å²) >= 11 is 0. The van der Waals surface area contributed by atoms with Gasteiger partial charge < -0.3 is 9.64 Å². The van der Waals surface area contributed by atoms with Crippen LogP contribution in [0.5, 0.6) is 5.88 Å². The molecule has 1 atom stereocenters. The van der Waals surface area contributed by atoms with E-state index in [4.69, 9.17) is 4.74 Å². The summed E-state index contributed by atoms with van der Waals surface area (Å²) in [6.07, 6.45) is 7.33. The molecule has 1 spiro atoms. The van der Waals surface area contributed by atoms with Crippen LogP contribution < -0.4 is 4.74 Å². The topological polar surface area (TPSA) is 63.5 Å². The maximum Gasteiger partial charge on any atom is 0.257 e. The summed E-state index contributed by atoms with van der Waals surface area (Å²) < 4.78 is 7.53. The standard InChI is InChI=1S/C19H25N5O2/c1-22-8-6-15(12-26-17-5-3-4-7-20-17)9-19(22)13-24(14-19)18(25)16-10-21-23(2)11-16/h3-5,7,10-11,15H,6,8-9,12-14H2,1-2H3/t15-/m0/s1. The molecule has 0 bridgehead atoms. The molecule has 4 rings (SSSR count). The molecular formula is C19H25N5O2. The molecule has 2 aromatic heterocycles. The Hall–Kier alpha value is -2.41. The van der Waals surface area contributed by atoms with Gasteiger partial charge in [-0.05, 0) is 38.4 Å². The Morgan fingerprint density at radius 1 is 1.35 bits per heavy atom. The number of rotatable bonds is 4. The summed E-state index contributed by atoms with van der Waals surface area (Å²) in [6, 6.07) is 5.72. The molecule has 0 saturated carbocycles. The Morgan fingerprint density at radius 2 is 2.19 bits per heavy atom. The molecule has 0 unspecified atom stereocenters. The summed E-state index contributed by atoms with van der Waals surface area (Å²) in [5.74, 6) is 1.25. The summed E-state index contributed by atoms with van der Waals surface area (Å²) in [6.45, 7) is 3.27. The van der Waals surface area contributed by atoms with Crippen LogP contribution in [0.25, 0.3) is 0 Å². The first-order valence-electron chi connectivity index (χ1n) is 9.09. The van der Waals surface area contributed by atoms with E-state index in [1.807, 2.05) is 30.1 Å². The van der Waals surface area contributed by atoms with E-state index in [0.717, 1.165) is 32.5 Å². The number of aryl methyl sites for hydroxylation is 1. The number of pyridine rings is 1. The van der Waals surface area contributed by atoms with Crippen molar-refractivity contribution in [3.05, 3.63) is 42.4 Å². The highest BCUT2D eigenvalue weighted by molar-refractivity contribution is 5.94. The Labute approximate surface area is 153 Å². The molecule has 2 aromatic rings. The fourth-order valence-corrected chi connectivity index (χ4v) is 4.08. The maximum absolute atomic E-state index is 12.6. The molecule has 2 aliphatic heterocycles. The first-order valence-corrected chi connectivity index (χ1v) is 9.09. The number of aromatic nitrogens is 3. The fourth-order valence-electron chi connectivity index (χ4n) is 4.08. The largest absolute Gasteiger partial charge is 0.477 e. The molecule has 2 saturated heterocycles. The zero-order valence-electron chi connectivity index (χ0n) is 15.3. The first kappa shape index (κ1) is 17.0. The Kier molecular flexibility index (Phi) is 4.40. The molecule has 2 fully saturated rings. The molecule has 138 valence electrons. The minimum atomic E-state index is 0.0731. The molecular weight excluding hydrogens is 330 g/mol. The smallest absolute Gasteiger partial charge is 0.257 e. The molecule has 0 aliphatic carbocycles. The van der Waals surface area contributed by atoms with Gasteiger partial charge in [0, 0.05) is 38.6 Å². The molecule has 2 aliphatic rings. The van der Waals surface area contributed by atoms with Crippen molar-refractivity contribution in [2.24, 2.45) is 13.0 Å². The quantitative estimate of drug-likeness (QED) is 0.830. The van der Waals surface area contributed by atoms with Crippen LogP contribution in [-0.4, -0.2) is 69.3 Å². The third-order valence-electron chi connectivity index (χ3n) is 5.67. The van der Waals surface area contributed by atoms with Gasteiger partial charge in [0.2, 0.25) is 5.88 Å². The van der Waals surface area contributed by atoms with Crippen molar-refractivity contribution in [1.82, 2.24) is 24.6 Å². The highest BCUT2D eigenvalue weighted by Gasteiger charge is 2.51. The average Bonchev–Trinajstić information content (AvgIpc) is 3.06. The van der Waals surface area contributed by atoms with Crippen molar-refractivity contribution in [3.8, 4) is 5.88 Å². The zero-order chi connectivity index (χ0) is 18.1. The third-order valence-corrected chi connectivity index (χ3v) is 5.67. The van der Waals surface area contributed by atoms with Gasteiger partial charge in [-0.15, -0.1) is 0 Å². The lowest BCUT2D eigenvalue weighted by Crippen LogP contribution is -2.72. The van der Waals surface area contributed by atoms with Gasteiger partial charge in [0.05, 0.1) is 23.9 Å². The minimum Gasteiger partial charge on any atom is -0.477 e. The molecule has 4 heterocycles. The van der Waals surface area contributed by atoms with Crippen LogP contribution in [0.15, 0.2) is 36.8 Å². The third kappa shape index (κ3) is 3.19. The average molecular weight is 355 g/mol. The Morgan fingerprint density at radius 3 is 2.88 bits per heavy atom. The van der Waals surface area contributed by atoms with Crippen LogP contribution >= 0.6 is 0 Å². The van der Waals surface area contributed by atoms with Gasteiger partial charge in [-0.3, -0.25) is 14.4 Å². The lowest BCUT2D eigenvalue weighted by Gasteiger charge is -2.58. The molecule has 7 heteroatoms. The second kappa shape index (κ2) is 6.72. The normalized spacial score (nSPS) is 22.2. The summed E-state index contributed by atoms with van der Waals surface area (Å²) in [5.41, 5.74) is 0.740. The van der Waals surface area contributed by atoms with Gasteiger partial charge in [0.15, 0.2) is 0 Å². The van der Waals surface area contributed by atoms with Gasteiger partial charge in [0.1, 0.15) is 0 Å². The molecule has 1 amide bonds. The number of hydrogen-bond donors (Lipinski definition) is 0. The van der Waals surface area contributed by atoms with Crippen LogP contribution in [0, 0.1) is 5.92 Å². The predicted octanol–water partition coefficient (Wildman–Crippen LogP) is 1.43. The van der Waals surface area contributed by atoms with Crippen LogP contribution in [0.4, 0.5) is 0 Å². The molecule has 7 nitrogen and oxygen atoms in total. The maximum atomic E-state index is 12.6. The molecule has 26 heavy (non-hydrogen) atoms. The van der Waals surface area contributed by atoms with Gasteiger partial charge >= 0.3 is 0 Å². The van der Waals surface area contributed by atoms with E-state index in [-0.39, 0.29) is 11.4 Å². The van der Waals surface area contributed by atoms with Crippen molar-refractivity contribution in [2.75, 3.05) is 33.3 Å². The number of nitrogens with zero attached hydrogens (tertiary/aromatic N) is 5. The second-order valence-electron chi connectivity index (χ2n) is 7.55. The van der Waals surface area contributed by atoms with Crippen molar-refractivity contribution in [2.45, 2.75) is 18.4 Å². The molecule has 0 radical (unpaired) electrons. The first-order chi connectivity index (χ1) is 12.6. The van der Waals surface area contributed by atoms with Crippen molar-refractivity contribution in [1.29, 1.82) is 0 Å². The van der Waals surface area contributed by atoms with E-state index in [0.29, 0.717) is 24.0 Å². The number of amides is 1. The Bertz CT molecular complexity index is 769. The van der Waals surface area contributed by atoms with E-state index >= 15 is 0 Å². The van der Waals surface area contributed by atoms with E-state index in [1.165, 1.54) is 0 Å². The number of carbonyl (C=O) groups excluding carboxylic acids is 1. The Balaban J connectivity index is 1.35. The number of carbonyl (C=O) groups is 1. The van der Waals surface area contributed by atoms with Crippen LogP contribution in [0.1, 0.15) is 23.2 Å². The van der Waals surface area contributed by atoms with Gasteiger partial charge in [-0.2, -0.15) is 5.10 Å².